The highest BCUT2D eigenvalue weighted by Crippen LogP contribution is 2.38. The van der Waals surface area contributed by atoms with Crippen LogP contribution in [0.4, 0.5) is 11.5 Å². The standard InChI is InChI=1S/C19H25N3O5/c1-24-9-5-8-20-14-6-7-17(21-12-14)22-19(23)13-10-15(25-2)18(27-4)16(11-13)26-3/h6-7,10-12,20H,5,8-9H2,1-4H3,(H,21,22,23). The third-order valence-electron chi connectivity index (χ3n) is 3.79. The predicted octanol–water partition coefficient (Wildman–Crippen LogP) is 2.81. The zero-order valence-electron chi connectivity index (χ0n) is 16.0. The van der Waals surface area contributed by atoms with E-state index < -0.39 is 0 Å². The number of methoxy groups -OCH3 is 4. The highest BCUT2D eigenvalue weighted by atomic mass is 16.5. The fourth-order valence-electron chi connectivity index (χ4n) is 2.42. The van der Waals surface area contributed by atoms with E-state index in [-0.39, 0.29) is 5.91 Å². The molecule has 0 bridgehead atoms. The number of ether oxygens (including phenoxy) is 4. The van der Waals surface area contributed by atoms with Crippen molar-refractivity contribution in [1.29, 1.82) is 0 Å². The first-order valence-corrected chi connectivity index (χ1v) is 8.43. The Morgan fingerprint density at radius 2 is 1.74 bits per heavy atom. The molecule has 0 aliphatic heterocycles. The van der Waals surface area contributed by atoms with E-state index in [2.05, 4.69) is 15.6 Å². The molecular formula is C19H25N3O5. The lowest BCUT2D eigenvalue weighted by atomic mass is 10.1. The molecule has 0 aliphatic rings. The van der Waals surface area contributed by atoms with Crippen LogP contribution >= 0.6 is 0 Å². The number of amides is 1. The topological polar surface area (TPSA) is 90.9 Å². The molecule has 0 atom stereocenters. The van der Waals surface area contributed by atoms with E-state index in [9.17, 15) is 4.79 Å². The van der Waals surface area contributed by atoms with Crippen LogP contribution in [-0.2, 0) is 4.74 Å². The quantitative estimate of drug-likeness (QED) is 0.617. The van der Waals surface area contributed by atoms with E-state index in [1.807, 2.05) is 6.07 Å². The Bertz CT molecular complexity index is 725. The number of rotatable bonds is 10. The van der Waals surface area contributed by atoms with E-state index in [1.165, 1.54) is 21.3 Å². The van der Waals surface area contributed by atoms with Gasteiger partial charge in [-0.1, -0.05) is 0 Å². The van der Waals surface area contributed by atoms with E-state index in [0.717, 1.165) is 18.7 Å². The highest BCUT2D eigenvalue weighted by Gasteiger charge is 2.17. The zero-order valence-corrected chi connectivity index (χ0v) is 16.0. The van der Waals surface area contributed by atoms with Crippen LogP contribution in [0.3, 0.4) is 0 Å². The minimum atomic E-state index is -0.331. The SMILES string of the molecule is COCCCNc1ccc(NC(=O)c2cc(OC)c(OC)c(OC)c2)nc1. The Hall–Kier alpha value is -3.00. The summed E-state index contributed by atoms with van der Waals surface area (Å²) in [6, 6.07) is 6.75. The van der Waals surface area contributed by atoms with E-state index in [1.54, 1.807) is 31.5 Å². The van der Waals surface area contributed by atoms with Gasteiger partial charge < -0.3 is 29.6 Å². The summed E-state index contributed by atoms with van der Waals surface area (Å²) in [4.78, 5) is 16.8. The fourth-order valence-corrected chi connectivity index (χ4v) is 2.42. The molecule has 8 nitrogen and oxygen atoms in total. The molecule has 0 saturated carbocycles. The van der Waals surface area contributed by atoms with Crippen LogP contribution in [0, 0.1) is 0 Å². The van der Waals surface area contributed by atoms with Crippen molar-refractivity contribution in [2.24, 2.45) is 0 Å². The molecule has 0 fully saturated rings. The summed E-state index contributed by atoms with van der Waals surface area (Å²) in [5.41, 5.74) is 1.24. The number of nitrogens with zero attached hydrogens (tertiary/aromatic N) is 1. The van der Waals surface area contributed by atoms with Crippen LogP contribution in [-0.4, -0.2) is 52.5 Å². The minimum absolute atomic E-state index is 0.331. The lowest BCUT2D eigenvalue weighted by molar-refractivity contribution is 0.102. The number of nitrogens with one attached hydrogen (secondary N) is 2. The Morgan fingerprint density at radius 1 is 1.04 bits per heavy atom. The number of carbonyl (C=O) groups is 1. The van der Waals surface area contributed by atoms with Gasteiger partial charge in [-0.25, -0.2) is 4.98 Å². The van der Waals surface area contributed by atoms with Gasteiger partial charge in [-0.2, -0.15) is 0 Å². The number of benzene rings is 1. The van der Waals surface area contributed by atoms with Crippen molar-refractivity contribution in [2.45, 2.75) is 6.42 Å². The molecular weight excluding hydrogens is 350 g/mol. The number of aromatic nitrogens is 1. The van der Waals surface area contributed by atoms with E-state index in [4.69, 9.17) is 18.9 Å². The molecule has 1 aromatic carbocycles. The second-order valence-corrected chi connectivity index (χ2v) is 5.57. The molecule has 146 valence electrons. The Balaban J connectivity index is 2.06. The first-order valence-electron chi connectivity index (χ1n) is 8.43. The van der Waals surface area contributed by atoms with Gasteiger partial charge in [0.1, 0.15) is 5.82 Å². The molecule has 27 heavy (non-hydrogen) atoms. The van der Waals surface area contributed by atoms with Crippen molar-refractivity contribution in [3.05, 3.63) is 36.0 Å². The maximum Gasteiger partial charge on any atom is 0.257 e. The molecule has 0 unspecified atom stereocenters. The van der Waals surface area contributed by atoms with Crippen molar-refractivity contribution in [1.82, 2.24) is 4.98 Å². The van der Waals surface area contributed by atoms with E-state index >= 15 is 0 Å². The molecule has 2 rings (SSSR count). The third-order valence-corrected chi connectivity index (χ3v) is 3.79. The number of anilines is 2. The summed E-state index contributed by atoms with van der Waals surface area (Å²) >= 11 is 0. The average Bonchev–Trinajstić information content (AvgIpc) is 2.71. The number of hydrogen-bond acceptors (Lipinski definition) is 7. The Labute approximate surface area is 158 Å². The lowest BCUT2D eigenvalue weighted by Crippen LogP contribution is -2.14. The summed E-state index contributed by atoms with van der Waals surface area (Å²) in [5.74, 6) is 1.36. The van der Waals surface area contributed by atoms with Gasteiger partial charge in [-0.05, 0) is 30.7 Å². The first kappa shape index (κ1) is 20.3. The molecule has 0 spiro atoms. The molecule has 1 amide bonds. The maximum absolute atomic E-state index is 12.5. The van der Waals surface area contributed by atoms with Crippen molar-refractivity contribution in [3.8, 4) is 17.2 Å². The fraction of sp³-hybridized carbons (Fsp3) is 0.368. The second kappa shape index (κ2) is 10.2. The monoisotopic (exact) mass is 375 g/mol. The van der Waals surface area contributed by atoms with Gasteiger partial charge in [0, 0.05) is 25.8 Å². The predicted molar refractivity (Wildman–Crippen MR) is 103 cm³/mol. The van der Waals surface area contributed by atoms with E-state index in [0.29, 0.717) is 35.2 Å². The van der Waals surface area contributed by atoms with Gasteiger partial charge >= 0.3 is 0 Å². The second-order valence-electron chi connectivity index (χ2n) is 5.57. The molecule has 2 aromatic rings. The normalized spacial score (nSPS) is 10.2. The van der Waals surface area contributed by atoms with Gasteiger partial charge in [0.15, 0.2) is 11.5 Å². The van der Waals surface area contributed by atoms with Crippen LogP contribution in [0.15, 0.2) is 30.5 Å². The van der Waals surface area contributed by atoms with Gasteiger partial charge in [-0.15, -0.1) is 0 Å². The smallest absolute Gasteiger partial charge is 0.257 e. The minimum Gasteiger partial charge on any atom is -0.493 e. The Kier molecular flexibility index (Phi) is 7.69. The third kappa shape index (κ3) is 5.49. The Morgan fingerprint density at radius 3 is 2.26 bits per heavy atom. The summed E-state index contributed by atoms with van der Waals surface area (Å²) in [7, 11) is 6.18. The van der Waals surface area contributed by atoms with Crippen molar-refractivity contribution in [3.63, 3.8) is 0 Å². The number of carbonyl (C=O) groups excluding carboxylic acids is 1. The largest absolute Gasteiger partial charge is 0.493 e. The summed E-state index contributed by atoms with van der Waals surface area (Å²) in [6.07, 6.45) is 2.56. The van der Waals surface area contributed by atoms with Crippen LogP contribution in [0.5, 0.6) is 17.2 Å². The van der Waals surface area contributed by atoms with Gasteiger partial charge in [0.2, 0.25) is 5.75 Å². The molecule has 0 radical (unpaired) electrons. The molecule has 1 heterocycles. The lowest BCUT2D eigenvalue weighted by Gasteiger charge is -2.14. The summed E-state index contributed by atoms with van der Waals surface area (Å²) < 4.78 is 20.8. The van der Waals surface area contributed by atoms with Gasteiger partial charge in [0.05, 0.1) is 33.2 Å². The molecule has 1 aromatic heterocycles. The molecule has 0 aliphatic carbocycles. The molecule has 8 heteroatoms. The maximum atomic E-state index is 12.5. The van der Waals surface area contributed by atoms with Crippen molar-refractivity contribution < 1.29 is 23.7 Å². The molecule has 2 N–H and O–H groups in total. The summed E-state index contributed by atoms with van der Waals surface area (Å²) in [6.45, 7) is 1.48. The molecule has 0 saturated heterocycles. The van der Waals surface area contributed by atoms with Crippen LogP contribution in [0.1, 0.15) is 16.8 Å². The van der Waals surface area contributed by atoms with Crippen LogP contribution in [0.2, 0.25) is 0 Å². The summed E-state index contributed by atoms with van der Waals surface area (Å²) in [5, 5.41) is 5.98. The average molecular weight is 375 g/mol. The van der Waals surface area contributed by atoms with Gasteiger partial charge in [0.25, 0.3) is 5.91 Å². The van der Waals surface area contributed by atoms with Crippen molar-refractivity contribution in [2.75, 3.05) is 52.2 Å². The zero-order chi connectivity index (χ0) is 19.6. The number of pyridine rings is 1. The van der Waals surface area contributed by atoms with Gasteiger partial charge in [-0.3, -0.25) is 4.79 Å². The van der Waals surface area contributed by atoms with Crippen LogP contribution < -0.4 is 24.8 Å². The number of hydrogen-bond donors (Lipinski definition) is 2. The van der Waals surface area contributed by atoms with Crippen LogP contribution in [0.25, 0.3) is 0 Å². The van der Waals surface area contributed by atoms with Crippen molar-refractivity contribution >= 4 is 17.4 Å². The first-order chi connectivity index (χ1) is 13.1. The highest BCUT2D eigenvalue weighted by molar-refractivity contribution is 6.04.